The van der Waals surface area contributed by atoms with Crippen molar-refractivity contribution in [2.24, 2.45) is 0 Å². The molecule has 0 unspecified atom stereocenters. The molecule has 148 valence electrons. The fourth-order valence-electron chi connectivity index (χ4n) is 3.47. The van der Waals surface area contributed by atoms with Gasteiger partial charge in [0.05, 0.1) is 12.8 Å². The molecule has 0 saturated heterocycles. The summed E-state index contributed by atoms with van der Waals surface area (Å²) in [5, 5.41) is 12.5. The van der Waals surface area contributed by atoms with Gasteiger partial charge in [0.1, 0.15) is 10.6 Å². The first-order chi connectivity index (χ1) is 13.9. The van der Waals surface area contributed by atoms with Crippen LogP contribution in [-0.4, -0.2) is 24.1 Å². The maximum atomic E-state index is 13.8. The molecule has 0 fully saturated rings. The number of carboxylic acid groups (broad SMARTS) is 1. The molecule has 0 bridgehead atoms. The number of hydrogen-bond donors (Lipinski definition) is 2. The van der Waals surface area contributed by atoms with E-state index >= 15 is 0 Å². The van der Waals surface area contributed by atoms with Crippen molar-refractivity contribution in [3.8, 4) is 16.9 Å². The molecule has 0 aliphatic carbocycles. The number of anilines is 1. The number of fused-ring (bicyclic) bond motifs is 1. The van der Waals surface area contributed by atoms with Crippen molar-refractivity contribution in [1.82, 2.24) is 0 Å². The second-order valence-corrected chi connectivity index (χ2v) is 7.61. The topological polar surface area (TPSA) is 75.6 Å². The van der Waals surface area contributed by atoms with Gasteiger partial charge in [0.15, 0.2) is 11.6 Å². The van der Waals surface area contributed by atoms with E-state index in [0.717, 1.165) is 23.5 Å². The van der Waals surface area contributed by atoms with Crippen molar-refractivity contribution < 1.29 is 28.2 Å². The number of ether oxygens (including phenoxy) is 1. The molecule has 2 heterocycles. The third-order valence-corrected chi connectivity index (χ3v) is 6.12. The van der Waals surface area contributed by atoms with Gasteiger partial charge in [-0.3, -0.25) is 4.79 Å². The van der Waals surface area contributed by atoms with E-state index in [1.165, 1.54) is 13.2 Å². The lowest BCUT2D eigenvalue weighted by molar-refractivity contribution is -0.116. The zero-order valence-electron chi connectivity index (χ0n) is 15.2. The van der Waals surface area contributed by atoms with E-state index in [9.17, 15) is 23.5 Å². The van der Waals surface area contributed by atoms with Crippen molar-refractivity contribution in [3.63, 3.8) is 0 Å². The first kappa shape index (κ1) is 19.1. The lowest BCUT2D eigenvalue weighted by Crippen LogP contribution is -2.22. The Balaban J connectivity index is 1.90. The van der Waals surface area contributed by atoms with Crippen LogP contribution in [0.25, 0.3) is 11.1 Å². The Hall–Kier alpha value is -3.26. The van der Waals surface area contributed by atoms with Crippen molar-refractivity contribution in [1.29, 1.82) is 0 Å². The van der Waals surface area contributed by atoms with Gasteiger partial charge in [-0.25, -0.2) is 13.6 Å². The molecule has 1 aliphatic rings. The van der Waals surface area contributed by atoms with Crippen LogP contribution in [0.2, 0.25) is 0 Å². The van der Waals surface area contributed by atoms with Gasteiger partial charge in [-0.15, -0.1) is 11.3 Å². The van der Waals surface area contributed by atoms with E-state index in [1.54, 1.807) is 24.3 Å². The van der Waals surface area contributed by atoms with Gasteiger partial charge in [0, 0.05) is 22.8 Å². The number of benzene rings is 2. The predicted molar refractivity (Wildman–Crippen MR) is 105 cm³/mol. The Morgan fingerprint density at radius 1 is 1.17 bits per heavy atom. The average molecular weight is 415 g/mol. The minimum Gasteiger partial charge on any atom is -0.497 e. The Bertz CT molecular complexity index is 1120. The number of hydrogen-bond acceptors (Lipinski definition) is 4. The van der Waals surface area contributed by atoms with Crippen LogP contribution in [0.3, 0.4) is 0 Å². The quantitative estimate of drug-likeness (QED) is 0.637. The Kier molecular flexibility index (Phi) is 4.79. The molecule has 1 aromatic heterocycles. The molecule has 29 heavy (non-hydrogen) atoms. The third-order valence-electron chi connectivity index (χ3n) is 4.82. The molecule has 1 atom stereocenters. The lowest BCUT2D eigenvalue weighted by Gasteiger charge is -2.24. The Morgan fingerprint density at radius 2 is 1.90 bits per heavy atom. The number of carbonyl (C=O) groups excluding carboxylic acids is 1. The predicted octanol–water partition coefficient (Wildman–Crippen LogP) is 4.87. The highest BCUT2D eigenvalue weighted by atomic mass is 32.1. The van der Waals surface area contributed by atoms with Crippen molar-refractivity contribution in [3.05, 3.63) is 69.4 Å². The number of methoxy groups -OCH3 is 1. The van der Waals surface area contributed by atoms with Crippen LogP contribution in [0.15, 0.2) is 42.5 Å². The number of carbonyl (C=O) groups is 2. The SMILES string of the molecule is COc1ccc(-c2c(C(=O)O)sc3c2NC(=O)C[C@H]3c2ccc(F)c(F)c2)cc1. The summed E-state index contributed by atoms with van der Waals surface area (Å²) < 4.78 is 32.3. The van der Waals surface area contributed by atoms with Crippen molar-refractivity contribution in [2.45, 2.75) is 12.3 Å². The molecular weight excluding hydrogens is 400 g/mol. The monoisotopic (exact) mass is 415 g/mol. The standard InChI is InChI=1S/C21H15F2NO4S/c1-28-12-5-2-10(3-6-12)17-18-19(29-20(17)21(26)27)13(9-16(25)24-18)11-4-7-14(22)15(23)8-11/h2-8,13H,9H2,1H3,(H,24,25)(H,26,27)/t13-/m0/s1. The molecule has 4 rings (SSSR count). The number of aromatic carboxylic acids is 1. The van der Waals surface area contributed by atoms with Gasteiger partial charge < -0.3 is 15.2 Å². The van der Waals surface area contributed by atoms with Crippen LogP contribution >= 0.6 is 11.3 Å². The van der Waals surface area contributed by atoms with E-state index in [4.69, 9.17) is 4.74 Å². The molecule has 2 N–H and O–H groups in total. The molecule has 2 aromatic carbocycles. The van der Waals surface area contributed by atoms with Crippen LogP contribution in [0.1, 0.15) is 32.5 Å². The van der Waals surface area contributed by atoms with Gasteiger partial charge in [0.2, 0.25) is 5.91 Å². The molecular formula is C21H15F2NO4S. The van der Waals surface area contributed by atoms with Crippen LogP contribution in [-0.2, 0) is 4.79 Å². The molecule has 5 nitrogen and oxygen atoms in total. The van der Waals surface area contributed by atoms with Crippen molar-refractivity contribution >= 4 is 28.9 Å². The first-order valence-electron chi connectivity index (χ1n) is 8.68. The summed E-state index contributed by atoms with van der Waals surface area (Å²) in [6, 6.07) is 10.3. The number of halogens is 2. The van der Waals surface area contributed by atoms with Crippen LogP contribution < -0.4 is 10.1 Å². The average Bonchev–Trinajstić information content (AvgIpc) is 3.09. The molecule has 0 saturated carbocycles. The van der Waals surface area contributed by atoms with E-state index in [0.29, 0.717) is 33.0 Å². The number of rotatable bonds is 4. The van der Waals surface area contributed by atoms with Crippen molar-refractivity contribution in [2.75, 3.05) is 12.4 Å². The minimum atomic E-state index is -1.13. The summed E-state index contributed by atoms with van der Waals surface area (Å²) in [7, 11) is 1.52. The van der Waals surface area contributed by atoms with E-state index in [1.807, 2.05) is 0 Å². The second kappa shape index (κ2) is 7.29. The molecule has 1 amide bonds. The Morgan fingerprint density at radius 3 is 2.52 bits per heavy atom. The van der Waals surface area contributed by atoms with Gasteiger partial charge in [-0.05, 0) is 35.4 Å². The van der Waals surface area contributed by atoms with Gasteiger partial charge in [-0.2, -0.15) is 0 Å². The van der Waals surface area contributed by atoms with Gasteiger partial charge in [0.25, 0.3) is 0 Å². The van der Waals surface area contributed by atoms with E-state index in [2.05, 4.69) is 5.32 Å². The first-order valence-corrected chi connectivity index (χ1v) is 9.50. The summed E-state index contributed by atoms with van der Waals surface area (Å²) in [6.07, 6.45) is 0.0136. The zero-order chi connectivity index (χ0) is 20.7. The Labute approximate surface area is 168 Å². The fourth-order valence-corrected chi connectivity index (χ4v) is 4.71. The van der Waals surface area contributed by atoms with Gasteiger partial charge in [-0.1, -0.05) is 18.2 Å². The highest BCUT2D eigenvalue weighted by Crippen LogP contribution is 2.49. The summed E-state index contributed by atoms with van der Waals surface area (Å²) in [4.78, 5) is 25.0. The number of carboxylic acids is 1. The summed E-state index contributed by atoms with van der Waals surface area (Å²) in [5.41, 5.74) is 1.80. The molecule has 0 radical (unpaired) electrons. The molecule has 3 aromatic rings. The van der Waals surface area contributed by atoms with Gasteiger partial charge >= 0.3 is 5.97 Å². The number of thiophene rings is 1. The highest BCUT2D eigenvalue weighted by molar-refractivity contribution is 7.15. The molecule has 0 spiro atoms. The lowest BCUT2D eigenvalue weighted by atomic mass is 9.88. The van der Waals surface area contributed by atoms with E-state index < -0.39 is 23.5 Å². The smallest absolute Gasteiger partial charge is 0.346 e. The number of amides is 1. The highest BCUT2D eigenvalue weighted by Gasteiger charge is 2.34. The second-order valence-electron chi connectivity index (χ2n) is 6.56. The largest absolute Gasteiger partial charge is 0.497 e. The minimum absolute atomic E-state index is 0.0136. The maximum Gasteiger partial charge on any atom is 0.346 e. The van der Waals surface area contributed by atoms with Crippen LogP contribution in [0.4, 0.5) is 14.5 Å². The normalized spacial score (nSPS) is 15.6. The van der Waals surface area contributed by atoms with Crippen LogP contribution in [0, 0.1) is 11.6 Å². The molecule has 8 heteroatoms. The van der Waals surface area contributed by atoms with Crippen LogP contribution in [0.5, 0.6) is 5.75 Å². The van der Waals surface area contributed by atoms with E-state index in [-0.39, 0.29) is 17.2 Å². The summed E-state index contributed by atoms with van der Waals surface area (Å²) >= 11 is 1.03. The number of nitrogens with one attached hydrogen (secondary N) is 1. The fraction of sp³-hybridized carbons (Fsp3) is 0.143. The maximum absolute atomic E-state index is 13.8. The zero-order valence-corrected chi connectivity index (χ0v) is 16.0. The summed E-state index contributed by atoms with van der Waals surface area (Å²) in [6.45, 7) is 0. The summed E-state index contributed by atoms with van der Waals surface area (Å²) in [5.74, 6) is -3.40. The third kappa shape index (κ3) is 3.36. The molecule has 1 aliphatic heterocycles.